The number of amides is 1. The molecule has 6 nitrogen and oxygen atoms in total. The molecule has 0 aliphatic heterocycles. The third-order valence-electron chi connectivity index (χ3n) is 7.50. The van der Waals surface area contributed by atoms with Gasteiger partial charge in [0.05, 0.1) is 16.9 Å². The molecule has 1 aromatic rings. The van der Waals surface area contributed by atoms with Crippen LogP contribution in [-0.2, 0) is 0 Å². The Hall–Kier alpha value is -1.83. The summed E-state index contributed by atoms with van der Waals surface area (Å²) in [4.78, 5) is 22.7. The number of hydrogen-bond donors (Lipinski definition) is 2. The first-order valence-electron chi connectivity index (χ1n) is 10.1. The van der Waals surface area contributed by atoms with Crippen LogP contribution in [0.3, 0.4) is 0 Å². The van der Waals surface area contributed by atoms with Crippen LogP contribution in [0.4, 0.5) is 14.7 Å². The smallest absolute Gasteiger partial charge is 0.252 e. The van der Waals surface area contributed by atoms with Gasteiger partial charge in [-0.3, -0.25) is 4.79 Å². The molecule has 2 unspecified atom stereocenters. The summed E-state index contributed by atoms with van der Waals surface area (Å²) in [5.41, 5.74) is 5.39. The van der Waals surface area contributed by atoms with Crippen LogP contribution in [-0.4, -0.2) is 45.6 Å². The number of rotatable bonds is 4. The lowest BCUT2D eigenvalue weighted by Gasteiger charge is -2.59. The highest BCUT2D eigenvalue weighted by molar-refractivity contribution is 5.94. The number of aliphatic hydroxyl groups is 1. The van der Waals surface area contributed by atoms with Gasteiger partial charge in [0.1, 0.15) is 0 Å². The molecule has 1 heterocycles. The fourth-order valence-electron chi connectivity index (χ4n) is 6.63. The Morgan fingerprint density at radius 3 is 2.39 bits per heavy atom. The van der Waals surface area contributed by atoms with Gasteiger partial charge >= 0.3 is 0 Å². The number of alkyl halides is 2. The number of halogens is 2. The summed E-state index contributed by atoms with van der Waals surface area (Å²) in [6.45, 7) is 0. The summed E-state index contributed by atoms with van der Waals surface area (Å²) in [6.07, 6.45) is 5.50. The van der Waals surface area contributed by atoms with Crippen molar-refractivity contribution in [3.8, 4) is 0 Å². The van der Waals surface area contributed by atoms with Gasteiger partial charge in [0.15, 0.2) is 0 Å². The molecule has 5 fully saturated rings. The summed E-state index contributed by atoms with van der Waals surface area (Å²) in [5, 5.41) is 10.8. The van der Waals surface area contributed by atoms with E-state index in [0.29, 0.717) is 29.4 Å². The first-order chi connectivity index (χ1) is 13.1. The van der Waals surface area contributed by atoms with E-state index < -0.39 is 23.3 Å². The molecule has 0 radical (unpaired) electrons. The fourth-order valence-corrected chi connectivity index (χ4v) is 6.63. The average Bonchev–Trinajstić information content (AvgIpc) is 2.57. The molecule has 5 aliphatic rings. The zero-order valence-corrected chi connectivity index (χ0v) is 15.9. The van der Waals surface area contributed by atoms with E-state index in [9.17, 15) is 18.7 Å². The SMILES string of the molecule is CN(c1ncc(C(N)=O)c(C2CC(F)(F)C2)n1)C1C2CC3CC1CC(O)(C3)C2. The third-order valence-corrected chi connectivity index (χ3v) is 7.50. The van der Waals surface area contributed by atoms with Crippen molar-refractivity contribution in [1.82, 2.24) is 9.97 Å². The van der Waals surface area contributed by atoms with E-state index in [-0.39, 0.29) is 24.4 Å². The Balaban J connectivity index is 1.44. The van der Waals surface area contributed by atoms with E-state index in [4.69, 9.17) is 5.73 Å². The Morgan fingerprint density at radius 1 is 1.21 bits per heavy atom. The van der Waals surface area contributed by atoms with E-state index >= 15 is 0 Å². The zero-order chi connectivity index (χ0) is 19.8. The van der Waals surface area contributed by atoms with E-state index in [0.717, 1.165) is 32.1 Å². The van der Waals surface area contributed by atoms with E-state index in [2.05, 4.69) is 9.97 Å². The van der Waals surface area contributed by atoms with Gasteiger partial charge in [0.25, 0.3) is 5.91 Å². The summed E-state index contributed by atoms with van der Waals surface area (Å²) in [6, 6.07) is 0.229. The molecule has 152 valence electrons. The van der Waals surface area contributed by atoms with Gasteiger partial charge in [-0.1, -0.05) is 0 Å². The molecule has 0 saturated heterocycles. The monoisotopic (exact) mass is 392 g/mol. The minimum Gasteiger partial charge on any atom is -0.390 e. The number of nitrogens with two attached hydrogens (primary N) is 1. The summed E-state index contributed by atoms with van der Waals surface area (Å²) in [5.74, 6) is -2.02. The van der Waals surface area contributed by atoms with Crippen LogP contribution in [0.25, 0.3) is 0 Å². The Labute approximate surface area is 162 Å². The van der Waals surface area contributed by atoms with Gasteiger partial charge in [-0.15, -0.1) is 0 Å². The largest absolute Gasteiger partial charge is 0.390 e. The highest BCUT2D eigenvalue weighted by atomic mass is 19.3. The Morgan fingerprint density at radius 2 is 1.86 bits per heavy atom. The minimum absolute atomic E-state index is 0.136. The van der Waals surface area contributed by atoms with Crippen LogP contribution < -0.4 is 10.6 Å². The lowest BCUT2D eigenvalue weighted by Crippen LogP contribution is -2.61. The number of hydrogen-bond acceptors (Lipinski definition) is 5. The van der Waals surface area contributed by atoms with Crippen LogP contribution in [0.5, 0.6) is 0 Å². The number of aromatic nitrogens is 2. The molecular weight excluding hydrogens is 366 g/mol. The highest BCUT2D eigenvalue weighted by Gasteiger charge is 2.56. The first kappa shape index (κ1) is 18.2. The molecule has 1 amide bonds. The van der Waals surface area contributed by atoms with Crippen molar-refractivity contribution in [3.63, 3.8) is 0 Å². The number of primary amides is 1. The molecular formula is C20H26F2N4O2. The van der Waals surface area contributed by atoms with Crippen molar-refractivity contribution in [2.24, 2.45) is 23.5 Å². The molecule has 28 heavy (non-hydrogen) atoms. The summed E-state index contributed by atoms with van der Waals surface area (Å²) in [7, 11) is 1.94. The average molecular weight is 392 g/mol. The van der Waals surface area contributed by atoms with Crippen molar-refractivity contribution >= 4 is 11.9 Å². The third kappa shape index (κ3) is 2.79. The van der Waals surface area contributed by atoms with Crippen molar-refractivity contribution < 1.29 is 18.7 Å². The maximum Gasteiger partial charge on any atom is 0.252 e. The number of anilines is 1. The molecule has 0 spiro atoms. The Bertz CT molecular complexity index is 808. The number of carbonyl (C=O) groups is 1. The van der Waals surface area contributed by atoms with E-state index in [1.165, 1.54) is 6.20 Å². The van der Waals surface area contributed by atoms with Crippen LogP contribution in [0, 0.1) is 17.8 Å². The molecule has 8 heteroatoms. The summed E-state index contributed by atoms with van der Waals surface area (Å²) < 4.78 is 26.8. The molecule has 5 aliphatic carbocycles. The first-order valence-corrected chi connectivity index (χ1v) is 10.1. The maximum atomic E-state index is 13.4. The standard InChI is InChI=1S/C20H26F2N4O2/c1-26(16-11-2-10-3-12(16)6-19(28,4-10)5-11)18-24-9-14(17(23)27)15(25-18)13-7-20(21,22)8-13/h9-13,16,28H,2-8H2,1H3,(H2,23,27). The van der Waals surface area contributed by atoms with Gasteiger partial charge in [0, 0.05) is 38.0 Å². The van der Waals surface area contributed by atoms with Crippen molar-refractivity contribution in [2.45, 2.75) is 68.4 Å². The van der Waals surface area contributed by atoms with Crippen LogP contribution >= 0.6 is 0 Å². The number of carbonyl (C=O) groups excluding carboxylic acids is 1. The van der Waals surface area contributed by atoms with Crippen molar-refractivity contribution in [2.75, 3.05) is 11.9 Å². The van der Waals surface area contributed by atoms with E-state index in [1.807, 2.05) is 11.9 Å². The second-order valence-electron chi connectivity index (χ2n) is 9.59. The lowest BCUT2D eigenvalue weighted by molar-refractivity contribution is -0.133. The van der Waals surface area contributed by atoms with Crippen LogP contribution in [0.1, 0.15) is 66.9 Å². The molecule has 1 aromatic heterocycles. The normalized spacial score (nSPS) is 38.3. The second-order valence-corrected chi connectivity index (χ2v) is 9.59. The molecule has 3 N–H and O–H groups in total. The van der Waals surface area contributed by atoms with Crippen LogP contribution in [0.15, 0.2) is 6.20 Å². The fraction of sp³-hybridized carbons (Fsp3) is 0.750. The molecule has 2 atom stereocenters. The molecule has 0 aromatic carbocycles. The molecule has 6 rings (SSSR count). The quantitative estimate of drug-likeness (QED) is 0.821. The second kappa shape index (κ2) is 5.84. The van der Waals surface area contributed by atoms with Gasteiger partial charge < -0.3 is 15.7 Å². The van der Waals surface area contributed by atoms with E-state index in [1.54, 1.807) is 0 Å². The maximum absolute atomic E-state index is 13.4. The highest BCUT2D eigenvalue weighted by Crippen LogP contribution is 2.57. The minimum atomic E-state index is -2.70. The van der Waals surface area contributed by atoms with Gasteiger partial charge in [-0.2, -0.15) is 0 Å². The molecule has 5 saturated carbocycles. The van der Waals surface area contributed by atoms with Crippen molar-refractivity contribution in [3.05, 3.63) is 17.5 Å². The predicted octanol–water partition coefficient (Wildman–Crippen LogP) is 2.46. The van der Waals surface area contributed by atoms with Gasteiger partial charge in [-0.25, -0.2) is 18.7 Å². The topological polar surface area (TPSA) is 92.3 Å². The van der Waals surface area contributed by atoms with Crippen molar-refractivity contribution in [1.29, 1.82) is 0 Å². The zero-order valence-electron chi connectivity index (χ0n) is 15.9. The molecule has 4 bridgehead atoms. The van der Waals surface area contributed by atoms with Gasteiger partial charge in [-0.05, 0) is 49.9 Å². The Kier molecular flexibility index (Phi) is 3.80. The van der Waals surface area contributed by atoms with Crippen LogP contribution in [0.2, 0.25) is 0 Å². The number of nitrogens with zero attached hydrogens (tertiary/aromatic N) is 3. The van der Waals surface area contributed by atoms with Gasteiger partial charge in [0.2, 0.25) is 11.9 Å². The summed E-state index contributed by atoms with van der Waals surface area (Å²) >= 11 is 0. The predicted molar refractivity (Wildman–Crippen MR) is 98.2 cm³/mol. The lowest BCUT2D eigenvalue weighted by atomic mass is 9.52.